The van der Waals surface area contributed by atoms with Crippen LogP contribution >= 0.6 is 0 Å². The molecule has 1 saturated carbocycles. The zero-order valence-corrected chi connectivity index (χ0v) is 14.7. The third-order valence-corrected chi connectivity index (χ3v) is 6.30. The Morgan fingerprint density at radius 1 is 1.20 bits per heavy atom. The number of hydrogen-bond acceptors (Lipinski definition) is 5. The van der Waals surface area contributed by atoms with Crippen LogP contribution in [-0.2, 0) is 14.8 Å². The van der Waals surface area contributed by atoms with Crippen LogP contribution in [0.1, 0.15) is 29.6 Å². The van der Waals surface area contributed by atoms with Crippen molar-refractivity contribution >= 4 is 15.9 Å². The van der Waals surface area contributed by atoms with E-state index in [9.17, 15) is 13.2 Å². The van der Waals surface area contributed by atoms with Gasteiger partial charge in [0.05, 0.1) is 17.6 Å². The molecule has 3 N–H and O–H groups in total. The fraction of sp³-hybridized carbons (Fsp3) is 0.588. The Morgan fingerprint density at radius 2 is 1.92 bits per heavy atom. The summed E-state index contributed by atoms with van der Waals surface area (Å²) in [6.45, 7) is 2.56. The van der Waals surface area contributed by atoms with E-state index in [1.165, 1.54) is 37.1 Å². The molecule has 3 aliphatic rings. The highest BCUT2D eigenvalue weighted by molar-refractivity contribution is 7.89. The molecule has 1 aromatic rings. The number of carbonyl (C=O) groups is 1. The van der Waals surface area contributed by atoms with Gasteiger partial charge in [0.15, 0.2) is 0 Å². The number of ether oxygens (including phenoxy) is 1. The number of carbonyl (C=O) groups excluding carboxylic acids is 1. The summed E-state index contributed by atoms with van der Waals surface area (Å²) in [6.07, 6.45) is 3.80. The molecular weight excluding hydrogens is 342 g/mol. The van der Waals surface area contributed by atoms with E-state index in [0.717, 1.165) is 32.0 Å². The maximum Gasteiger partial charge on any atom is 0.251 e. The van der Waals surface area contributed by atoms with Crippen molar-refractivity contribution in [2.24, 2.45) is 11.1 Å². The minimum Gasteiger partial charge on any atom is -0.375 e. The van der Waals surface area contributed by atoms with E-state index in [1.807, 2.05) is 0 Å². The Balaban J connectivity index is 1.35. The molecular formula is C17H23N3O4S. The average Bonchev–Trinajstić information content (AvgIpc) is 3.34. The SMILES string of the molecule is NS(=O)(=O)c1ccc(C(=O)N[C@H]2C[C@H]3CO[C@H](C4CC4)CN3C2)cc1. The molecule has 0 radical (unpaired) electrons. The van der Waals surface area contributed by atoms with Crippen LogP contribution in [0.25, 0.3) is 0 Å². The Kier molecular flexibility index (Phi) is 4.31. The van der Waals surface area contributed by atoms with E-state index in [4.69, 9.17) is 9.88 Å². The van der Waals surface area contributed by atoms with Gasteiger partial charge in [0.2, 0.25) is 10.0 Å². The number of benzene rings is 1. The van der Waals surface area contributed by atoms with Crippen molar-refractivity contribution < 1.29 is 17.9 Å². The van der Waals surface area contributed by atoms with Crippen molar-refractivity contribution in [3.05, 3.63) is 29.8 Å². The number of hydrogen-bond donors (Lipinski definition) is 2. The summed E-state index contributed by atoms with van der Waals surface area (Å²) in [5.41, 5.74) is 0.435. The maximum atomic E-state index is 12.4. The number of fused-ring (bicyclic) bond motifs is 1. The Morgan fingerprint density at radius 3 is 2.56 bits per heavy atom. The standard InChI is InChI=1S/C17H23N3O4S/c18-25(22,23)15-5-3-12(4-6-15)17(21)19-13-7-14-10-24-16(11-1-2-11)9-20(14)8-13/h3-6,11,13-14,16H,1-2,7-10H2,(H,19,21)(H2,18,22,23)/t13-,14-,16-/m0/s1. The topological polar surface area (TPSA) is 102 Å². The largest absolute Gasteiger partial charge is 0.375 e. The number of rotatable bonds is 4. The zero-order valence-electron chi connectivity index (χ0n) is 13.9. The van der Waals surface area contributed by atoms with Gasteiger partial charge in [-0.05, 0) is 49.4 Å². The van der Waals surface area contributed by atoms with Gasteiger partial charge in [-0.3, -0.25) is 9.69 Å². The van der Waals surface area contributed by atoms with E-state index in [-0.39, 0.29) is 16.8 Å². The highest BCUT2D eigenvalue weighted by atomic mass is 32.2. The smallest absolute Gasteiger partial charge is 0.251 e. The van der Waals surface area contributed by atoms with Crippen LogP contribution in [0.2, 0.25) is 0 Å². The van der Waals surface area contributed by atoms with Gasteiger partial charge in [-0.25, -0.2) is 13.6 Å². The third-order valence-electron chi connectivity index (χ3n) is 5.37. The number of sulfonamides is 1. The first-order valence-electron chi connectivity index (χ1n) is 8.69. The van der Waals surface area contributed by atoms with Crippen molar-refractivity contribution in [3.63, 3.8) is 0 Å². The number of nitrogens with one attached hydrogen (secondary N) is 1. The molecule has 2 aliphatic heterocycles. The number of morpholine rings is 1. The molecule has 4 rings (SSSR count). The van der Waals surface area contributed by atoms with Gasteiger partial charge in [0.25, 0.3) is 5.91 Å². The van der Waals surface area contributed by atoms with Crippen LogP contribution in [0, 0.1) is 5.92 Å². The summed E-state index contributed by atoms with van der Waals surface area (Å²) in [7, 11) is -3.74. The Hall–Kier alpha value is -1.48. The van der Waals surface area contributed by atoms with Crippen LogP contribution < -0.4 is 10.5 Å². The molecule has 3 fully saturated rings. The molecule has 1 amide bonds. The lowest BCUT2D eigenvalue weighted by Gasteiger charge is -2.35. The van der Waals surface area contributed by atoms with Crippen molar-refractivity contribution in [1.82, 2.24) is 10.2 Å². The third kappa shape index (κ3) is 3.72. The molecule has 3 atom stereocenters. The molecule has 1 aliphatic carbocycles. The van der Waals surface area contributed by atoms with Gasteiger partial charge in [-0.1, -0.05) is 0 Å². The van der Waals surface area contributed by atoms with Crippen LogP contribution in [0.5, 0.6) is 0 Å². The van der Waals surface area contributed by atoms with E-state index in [0.29, 0.717) is 17.7 Å². The van der Waals surface area contributed by atoms with Gasteiger partial charge in [0.1, 0.15) is 0 Å². The molecule has 0 unspecified atom stereocenters. The first kappa shape index (κ1) is 17.0. The van der Waals surface area contributed by atoms with Gasteiger partial charge in [-0.15, -0.1) is 0 Å². The monoisotopic (exact) mass is 365 g/mol. The molecule has 2 heterocycles. The van der Waals surface area contributed by atoms with Gasteiger partial charge >= 0.3 is 0 Å². The molecule has 1 aromatic carbocycles. The fourth-order valence-electron chi connectivity index (χ4n) is 3.82. The van der Waals surface area contributed by atoms with Gasteiger partial charge in [0, 0.05) is 30.7 Å². The number of amides is 1. The highest BCUT2D eigenvalue weighted by Gasteiger charge is 2.42. The molecule has 0 spiro atoms. The summed E-state index contributed by atoms with van der Waals surface area (Å²) in [4.78, 5) is 14.8. The first-order valence-corrected chi connectivity index (χ1v) is 10.2. The van der Waals surface area contributed by atoms with E-state index < -0.39 is 10.0 Å². The van der Waals surface area contributed by atoms with Crippen molar-refractivity contribution in [3.8, 4) is 0 Å². The summed E-state index contributed by atoms with van der Waals surface area (Å²) in [6, 6.07) is 6.17. The second-order valence-corrected chi connectivity index (χ2v) is 8.85. The van der Waals surface area contributed by atoms with Crippen LogP contribution in [-0.4, -0.2) is 57.1 Å². The molecule has 2 saturated heterocycles. The van der Waals surface area contributed by atoms with Gasteiger partial charge < -0.3 is 10.1 Å². The summed E-state index contributed by atoms with van der Waals surface area (Å²) in [5.74, 6) is 0.539. The molecule has 0 bridgehead atoms. The maximum absolute atomic E-state index is 12.4. The van der Waals surface area contributed by atoms with Crippen LogP contribution in [0.4, 0.5) is 0 Å². The zero-order chi connectivity index (χ0) is 17.6. The lowest BCUT2D eigenvalue weighted by atomic mass is 10.1. The molecule has 136 valence electrons. The molecule has 25 heavy (non-hydrogen) atoms. The van der Waals surface area contributed by atoms with E-state index >= 15 is 0 Å². The molecule has 8 heteroatoms. The van der Waals surface area contributed by atoms with Gasteiger partial charge in [-0.2, -0.15) is 0 Å². The average molecular weight is 365 g/mol. The fourth-order valence-corrected chi connectivity index (χ4v) is 4.34. The second-order valence-electron chi connectivity index (χ2n) is 7.29. The second kappa shape index (κ2) is 6.35. The summed E-state index contributed by atoms with van der Waals surface area (Å²) in [5, 5.41) is 8.13. The van der Waals surface area contributed by atoms with Crippen molar-refractivity contribution in [2.75, 3.05) is 19.7 Å². The van der Waals surface area contributed by atoms with Crippen molar-refractivity contribution in [2.45, 2.75) is 42.3 Å². The summed E-state index contributed by atoms with van der Waals surface area (Å²) >= 11 is 0. The number of primary sulfonamides is 1. The number of nitrogens with zero attached hydrogens (tertiary/aromatic N) is 1. The number of nitrogens with two attached hydrogens (primary N) is 1. The lowest BCUT2D eigenvalue weighted by Crippen LogP contribution is -2.47. The van der Waals surface area contributed by atoms with Crippen LogP contribution in [0.3, 0.4) is 0 Å². The first-order chi connectivity index (χ1) is 11.9. The summed E-state index contributed by atoms with van der Waals surface area (Å²) < 4.78 is 28.5. The van der Waals surface area contributed by atoms with Crippen molar-refractivity contribution in [1.29, 1.82) is 0 Å². The van der Waals surface area contributed by atoms with E-state index in [2.05, 4.69) is 10.2 Å². The Bertz CT molecular complexity index is 761. The lowest BCUT2D eigenvalue weighted by molar-refractivity contribution is -0.0581. The molecule has 7 nitrogen and oxygen atoms in total. The normalized spacial score (nSPS) is 30.0. The predicted octanol–water partition coefficient (Wildman–Crippen LogP) is 0.316. The molecule has 0 aromatic heterocycles. The quantitative estimate of drug-likeness (QED) is 0.800. The minimum absolute atomic E-state index is 0.00492. The van der Waals surface area contributed by atoms with E-state index in [1.54, 1.807) is 0 Å². The predicted molar refractivity (Wildman–Crippen MR) is 91.5 cm³/mol. The van der Waals surface area contributed by atoms with Crippen LogP contribution in [0.15, 0.2) is 29.2 Å². The highest BCUT2D eigenvalue weighted by Crippen LogP contribution is 2.37. The minimum atomic E-state index is -3.74. The Labute approximate surface area is 147 Å².